The van der Waals surface area contributed by atoms with Crippen molar-refractivity contribution in [3.8, 4) is 0 Å². The summed E-state index contributed by atoms with van der Waals surface area (Å²) in [6.07, 6.45) is 5.17. The lowest BCUT2D eigenvalue weighted by Gasteiger charge is -2.32. The highest BCUT2D eigenvalue weighted by atomic mass is 32.1. The Balaban J connectivity index is 1.74. The molecule has 1 fully saturated rings. The quantitative estimate of drug-likeness (QED) is 0.604. The number of rotatable bonds is 6. The number of carbonyl (C=O) groups is 2. The van der Waals surface area contributed by atoms with E-state index in [1.807, 2.05) is 17.5 Å². The third-order valence-corrected chi connectivity index (χ3v) is 6.58. The zero-order chi connectivity index (χ0) is 20.9. The van der Waals surface area contributed by atoms with Crippen molar-refractivity contribution in [1.82, 2.24) is 14.9 Å². The smallest absolute Gasteiger partial charge is 0.280 e. The fourth-order valence-corrected chi connectivity index (χ4v) is 4.98. The summed E-state index contributed by atoms with van der Waals surface area (Å²) in [7, 11) is 0. The average molecular weight is 445 g/mol. The molecule has 156 valence electrons. The Bertz CT molecular complexity index is 988. The minimum Gasteiger partial charge on any atom is -0.351 e. The molecule has 2 heterocycles. The maximum Gasteiger partial charge on any atom is 0.280 e. The summed E-state index contributed by atoms with van der Waals surface area (Å²) in [6.45, 7) is 0. The normalized spacial score (nSPS) is 15.5. The molecule has 1 aliphatic rings. The van der Waals surface area contributed by atoms with Crippen molar-refractivity contribution in [2.45, 2.75) is 44.2 Å². The van der Waals surface area contributed by atoms with Crippen LogP contribution in [0.2, 0.25) is 0 Å². The largest absolute Gasteiger partial charge is 0.351 e. The van der Waals surface area contributed by atoms with E-state index >= 15 is 0 Å². The van der Waals surface area contributed by atoms with Crippen molar-refractivity contribution in [2.24, 2.45) is 0 Å². The van der Waals surface area contributed by atoms with Gasteiger partial charge in [0.25, 0.3) is 5.91 Å². The molecule has 4 rings (SSSR count). The highest BCUT2D eigenvalue weighted by molar-refractivity contribution is 7.10. The SMILES string of the molecule is O=C(NC1CCCCC1)[C@@H](c1cccs1)N(C(=O)c1csnn1)c1cccc(F)c1. The summed E-state index contributed by atoms with van der Waals surface area (Å²) in [6, 6.07) is 8.51. The highest BCUT2D eigenvalue weighted by Crippen LogP contribution is 2.33. The molecule has 0 saturated heterocycles. The number of amides is 2. The van der Waals surface area contributed by atoms with Crippen molar-refractivity contribution in [3.05, 3.63) is 63.5 Å². The molecule has 2 amide bonds. The number of thiophene rings is 1. The van der Waals surface area contributed by atoms with E-state index in [9.17, 15) is 14.0 Å². The van der Waals surface area contributed by atoms with Gasteiger partial charge in [-0.1, -0.05) is 35.9 Å². The van der Waals surface area contributed by atoms with Gasteiger partial charge in [0, 0.05) is 22.0 Å². The van der Waals surface area contributed by atoms with E-state index in [1.54, 1.807) is 6.07 Å². The van der Waals surface area contributed by atoms with Gasteiger partial charge in [-0.3, -0.25) is 14.5 Å². The molecule has 0 spiro atoms. The van der Waals surface area contributed by atoms with Gasteiger partial charge in [0.1, 0.15) is 5.82 Å². The van der Waals surface area contributed by atoms with Gasteiger partial charge in [-0.05, 0) is 54.0 Å². The molecule has 1 aromatic carbocycles. The van der Waals surface area contributed by atoms with Gasteiger partial charge >= 0.3 is 0 Å². The van der Waals surface area contributed by atoms with Crippen molar-refractivity contribution < 1.29 is 14.0 Å². The Labute approximate surface area is 181 Å². The Kier molecular flexibility index (Phi) is 6.49. The molecular weight excluding hydrogens is 423 g/mol. The predicted molar refractivity (Wildman–Crippen MR) is 115 cm³/mol. The number of carbonyl (C=O) groups excluding carboxylic acids is 2. The van der Waals surface area contributed by atoms with E-state index in [-0.39, 0.29) is 17.6 Å². The van der Waals surface area contributed by atoms with E-state index < -0.39 is 17.8 Å². The van der Waals surface area contributed by atoms with Crippen molar-refractivity contribution in [3.63, 3.8) is 0 Å². The zero-order valence-electron chi connectivity index (χ0n) is 16.2. The first kappa shape index (κ1) is 20.6. The maximum absolute atomic E-state index is 14.1. The molecule has 0 radical (unpaired) electrons. The molecular formula is C21H21FN4O2S2. The topological polar surface area (TPSA) is 75.2 Å². The van der Waals surface area contributed by atoms with E-state index in [0.29, 0.717) is 10.6 Å². The van der Waals surface area contributed by atoms with E-state index in [1.165, 1.54) is 46.2 Å². The predicted octanol–water partition coefficient (Wildman–Crippen LogP) is 4.58. The number of hydrogen-bond acceptors (Lipinski definition) is 6. The molecule has 0 aliphatic heterocycles. The molecule has 2 aromatic heterocycles. The lowest BCUT2D eigenvalue weighted by atomic mass is 9.95. The van der Waals surface area contributed by atoms with Crippen LogP contribution in [-0.2, 0) is 4.79 Å². The first-order chi connectivity index (χ1) is 14.6. The van der Waals surface area contributed by atoms with Crippen LogP contribution in [0.1, 0.15) is 53.5 Å². The molecule has 9 heteroatoms. The van der Waals surface area contributed by atoms with Gasteiger partial charge in [0.15, 0.2) is 11.7 Å². The minimum absolute atomic E-state index is 0.0825. The van der Waals surface area contributed by atoms with Gasteiger partial charge in [0.2, 0.25) is 5.91 Å². The lowest BCUT2D eigenvalue weighted by Crippen LogP contribution is -2.47. The van der Waals surface area contributed by atoms with Gasteiger partial charge < -0.3 is 5.32 Å². The van der Waals surface area contributed by atoms with Crippen LogP contribution in [0, 0.1) is 5.82 Å². The van der Waals surface area contributed by atoms with Crippen LogP contribution in [0.5, 0.6) is 0 Å². The first-order valence-corrected chi connectivity index (χ1v) is 11.5. The summed E-state index contributed by atoms with van der Waals surface area (Å²) in [5.41, 5.74) is 0.418. The summed E-state index contributed by atoms with van der Waals surface area (Å²) in [5.74, 6) is -1.25. The minimum atomic E-state index is -0.928. The second kappa shape index (κ2) is 9.44. The van der Waals surface area contributed by atoms with Crippen molar-refractivity contribution >= 4 is 40.4 Å². The zero-order valence-corrected chi connectivity index (χ0v) is 17.8. The molecule has 1 atom stereocenters. The van der Waals surface area contributed by atoms with Gasteiger partial charge in [-0.25, -0.2) is 4.39 Å². The third-order valence-electron chi connectivity index (χ3n) is 5.16. The molecule has 1 aliphatic carbocycles. The standard InChI is InChI=1S/C21H21FN4O2S2/c22-14-6-4-9-16(12-14)26(21(28)17-13-30-25-24-17)19(18-10-5-11-29-18)20(27)23-15-7-2-1-3-8-15/h4-6,9-13,15,19H,1-3,7-8H2,(H,23,27)/t19-/m1/s1. The fraction of sp³-hybridized carbons (Fsp3) is 0.333. The van der Waals surface area contributed by atoms with Crippen LogP contribution < -0.4 is 10.2 Å². The van der Waals surface area contributed by atoms with Crippen LogP contribution in [0.4, 0.5) is 10.1 Å². The van der Waals surface area contributed by atoms with E-state index in [0.717, 1.165) is 37.2 Å². The van der Waals surface area contributed by atoms with E-state index in [4.69, 9.17) is 0 Å². The molecule has 0 bridgehead atoms. The first-order valence-electron chi connectivity index (χ1n) is 9.83. The average Bonchev–Trinajstić information content (AvgIpc) is 3.46. The number of benzene rings is 1. The molecule has 3 aromatic rings. The van der Waals surface area contributed by atoms with Gasteiger partial charge in [-0.15, -0.1) is 16.4 Å². The number of halogens is 1. The second-order valence-electron chi connectivity index (χ2n) is 7.21. The Hall–Kier alpha value is -2.65. The Morgan fingerprint density at radius 2 is 2.00 bits per heavy atom. The molecule has 6 nitrogen and oxygen atoms in total. The molecule has 1 saturated carbocycles. The number of nitrogens with zero attached hydrogens (tertiary/aromatic N) is 3. The summed E-state index contributed by atoms with van der Waals surface area (Å²) >= 11 is 2.43. The number of hydrogen-bond donors (Lipinski definition) is 1. The molecule has 0 unspecified atom stereocenters. The molecule has 30 heavy (non-hydrogen) atoms. The van der Waals surface area contributed by atoms with Gasteiger partial charge in [0.05, 0.1) is 0 Å². The van der Waals surface area contributed by atoms with Crippen LogP contribution in [-0.4, -0.2) is 27.4 Å². The fourth-order valence-electron chi connectivity index (χ4n) is 3.74. The maximum atomic E-state index is 14.1. The van der Waals surface area contributed by atoms with Crippen LogP contribution in [0.3, 0.4) is 0 Å². The second-order valence-corrected chi connectivity index (χ2v) is 8.80. The Morgan fingerprint density at radius 3 is 2.67 bits per heavy atom. The molecule has 1 N–H and O–H groups in total. The van der Waals surface area contributed by atoms with Crippen molar-refractivity contribution in [1.29, 1.82) is 0 Å². The van der Waals surface area contributed by atoms with Gasteiger partial charge in [-0.2, -0.15) is 0 Å². The monoisotopic (exact) mass is 444 g/mol. The third kappa shape index (κ3) is 4.57. The van der Waals surface area contributed by atoms with Crippen LogP contribution in [0.25, 0.3) is 0 Å². The lowest BCUT2D eigenvalue weighted by molar-refractivity contribution is -0.123. The number of aromatic nitrogens is 2. The Morgan fingerprint density at radius 1 is 1.17 bits per heavy atom. The summed E-state index contributed by atoms with van der Waals surface area (Å²) in [4.78, 5) is 28.9. The van der Waals surface area contributed by atoms with Crippen molar-refractivity contribution in [2.75, 3.05) is 4.90 Å². The number of nitrogens with one attached hydrogen (secondary N) is 1. The highest BCUT2D eigenvalue weighted by Gasteiger charge is 2.36. The summed E-state index contributed by atoms with van der Waals surface area (Å²) in [5, 5.41) is 10.4. The number of anilines is 1. The van der Waals surface area contributed by atoms with E-state index in [2.05, 4.69) is 14.9 Å². The van der Waals surface area contributed by atoms with Crippen LogP contribution in [0.15, 0.2) is 47.2 Å². The summed E-state index contributed by atoms with van der Waals surface area (Å²) < 4.78 is 17.8. The van der Waals surface area contributed by atoms with Crippen LogP contribution >= 0.6 is 22.9 Å².